The summed E-state index contributed by atoms with van der Waals surface area (Å²) in [6.07, 6.45) is 2.28. The standard InChI is InChI=1S/C14H16ClNO4S/c1-2-19-9-4-10-20-12-6-7-13(21(15,17)18)14-11(12)5-3-8-16-14/h3,5-8H,2,4,9-10H2,1H3. The lowest BCUT2D eigenvalue weighted by molar-refractivity contribution is 0.131. The van der Waals surface area contributed by atoms with Crippen molar-refractivity contribution < 1.29 is 17.9 Å². The van der Waals surface area contributed by atoms with Gasteiger partial charge in [0.25, 0.3) is 9.05 Å². The first-order valence-corrected chi connectivity index (χ1v) is 8.88. The number of halogens is 1. The molecule has 2 rings (SSSR count). The van der Waals surface area contributed by atoms with Gasteiger partial charge >= 0.3 is 0 Å². The van der Waals surface area contributed by atoms with Crippen LogP contribution in [-0.2, 0) is 13.8 Å². The van der Waals surface area contributed by atoms with Crippen molar-refractivity contribution in [2.24, 2.45) is 0 Å². The van der Waals surface area contributed by atoms with E-state index in [0.717, 1.165) is 6.42 Å². The van der Waals surface area contributed by atoms with Gasteiger partial charge in [-0.05, 0) is 31.2 Å². The molecule has 0 fully saturated rings. The number of hydrogen-bond acceptors (Lipinski definition) is 5. The maximum Gasteiger partial charge on any atom is 0.263 e. The van der Waals surface area contributed by atoms with E-state index in [1.165, 1.54) is 12.3 Å². The number of benzene rings is 1. The van der Waals surface area contributed by atoms with Crippen molar-refractivity contribution in [2.75, 3.05) is 19.8 Å². The van der Waals surface area contributed by atoms with Crippen LogP contribution in [0.2, 0.25) is 0 Å². The molecule has 0 spiro atoms. The first-order valence-electron chi connectivity index (χ1n) is 6.57. The van der Waals surface area contributed by atoms with E-state index >= 15 is 0 Å². The molecule has 0 unspecified atom stereocenters. The molecule has 21 heavy (non-hydrogen) atoms. The highest BCUT2D eigenvalue weighted by Crippen LogP contribution is 2.31. The molecule has 1 aromatic carbocycles. The van der Waals surface area contributed by atoms with Gasteiger partial charge in [0.05, 0.1) is 12.1 Å². The molecule has 5 nitrogen and oxygen atoms in total. The highest BCUT2D eigenvalue weighted by atomic mass is 35.7. The lowest BCUT2D eigenvalue weighted by atomic mass is 10.2. The minimum atomic E-state index is -3.84. The van der Waals surface area contributed by atoms with Crippen molar-refractivity contribution in [1.29, 1.82) is 0 Å². The van der Waals surface area contributed by atoms with Gasteiger partial charge in [0, 0.05) is 41.9 Å². The summed E-state index contributed by atoms with van der Waals surface area (Å²) in [6, 6.07) is 6.49. The second-order valence-corrected chi connectivity index (χ2v) is 6.83. The average molecular weight is 330 g/mol. The second kappa shape index (κ2) is 7.06. The van der Waals surface area contributed by atoms with Crippen molar-refractivity contribution in [3.63, 3.8) is 0 Å². The second-order valence-electron chi connectivity index (χ2n) is 4.30. The largest absolute Gasteiger partial charge is 0.493 e. The minimum Gasteiger partial charge on any atom is -0.493 e. The zero-order valence-electron chi connectivity index (χ0n) is 11.6. The summed E-state index contributed by atoms with van der Waals surface area (Å²) in [7, 11) is 1.58. The number of rotatable bonds is 7. The van der Waals surface area contributed by atoms with E-state index in [1.54, 1.807) is 18.2 Å². The molecule has 0 atom stereocenters. The summed E-state index contributed by atoms with van der Waals surface area (Å²) in [5.74, 6) is 0.582. The molecule has 0 aliphatic heterocycles. The van der Waals surface area contributed by atoms with Crippen LogP contribution in [0.4, 0.5) is 0 Å². The van der Waals surface area contributed by atoms with Gasteiger partial charge in [-0.15, -0.1) is 0 Å². The molecule has 0 saturated heterocycles. The minimum absolute atomic E-state index is 0.0126. The van der Waals surface area contributed by atoms with E-state index in [0.29, 0.717) is 36.5 Å². The Labute approximate surface area is 128 Å². The molecule has 0 N–H and O–H groups in total. The molecular weight excluding hydrogens is 314 g/mol. The van der Waals surface area contributed by atoms with Gasteiger partial charge in [-0.3, -0.25) is 4.98 Å². The highest BCUT2D eigenvalue weighted by molar-refractivity contribution is 8.14. The number of ether oxygens (including phenoxy) is 2. The lowest BCUT2D eigenvalue weighted by Gasteiger charge is -2.10. The molecule has 0 aliphatic carbocycles. The van der Waals surface area contributed by atoms with Crippen LogP contribution < -0.4 is 4.74 Å². The molecule has 0 radical (unpaired) electrons. The number of nitrogens with zero attached hydrogens (tertiary/aromatic N) is 1. The van der Waals surface area contributed by atoms with Crippen LogP contribution in [0.3, 0.4) is 0 Å². The normalized spacial score (nSPS) is 11.7. The van der Waals surface area contributed by atoms with Crippen molar-refractivity contribution >= 4 is 30.6 Å². The van der Waals surface area contributed by atoms with Crippen molar-refractivity contribution in [3.05, 3.63) is 30.5 Å². The first kappa shape index (κ1) is 16.0. The molecule has 1 heterocycles. The SMILES string of the molecule is CCOCCCOc1ccc(S(=O)(=O)Cl)c2ncccc12. The fraction of sp³-hybridized carbons (Fsp3) is 0.357. The fourth-order valence-corrected chi connectivity index (χ4v) is 2.93. The van der Waals surface area contributed by atoms with Gasteiger partial charge < -0.3 is 9.47 Å². The molecule has 0 aliphatic rings. The topological polar surface area (TPSA) is 65.5 Å². The summed E-state index contributed by atoms with van der Waals surface area (Å²) in [5.41, 5.74) is 0.315. The van der Waals surface area contributed by atoms with Gasteiger partial charge in [-0.2, -0.15) is 0 Å². The Morgan fingerprint density at radius 2 is 2.05 bits per heavy atom. The predicted octanol–water partition coefficient (Wildman–Crippen LogP) is 2.97. The molecule has 2 aromatic rings. The van der Waals surface area contributed by atoms with Gasteiger partial charge in [-0.25, -0.2) is 8.42 Å². The van der Waals surface area contributed by atoms with E-state index < -0.39 is 9.05 Å². The number of pyridine rings is 1. The zero-order valence-corrected chi connectivity index (χ0v) is 13.2. The van der Waals surface area contributed by atoms with E-state index in [2.05, 4.69) is 4.98 Å². The van der Waals surface area contributed by atoms with Crippen LogP contribution in [0.1, 0.15) is 13.3 Å². The van der Waals surface area contributed by atoms with Crippen molar-refractivity contribution in [1.82, 2.24) is 4.98 Å². The summed E-state index contributed by atoms with van der Waals surface area (Å²) < 4.78 is 34.0. The Bertz CT molecular complexity index is 718. The Balaban J connectivity index is 2.26. The third-order valence-electron chi connectivity index (χ3n) is 2.85. The van der Waals surface area contributed by atoms with Gasteiger partial charge in [0.1, 0.15) is 10.6 Å². The summed E-state index contributed by atoms with van der Waals surface area (Å²) >= 11 is 0. The van der Waals surface area contributed by atoms with Crippen LogP contribution in [0.15, 0.2) is 35.4 Å². The predicted molar refractivity (Wildman–Crippen MR) is 81.4 cm³/mol. The lowest BCUT2D eigenvalue weighted by Crippen LogP contribution is -2.04. The monoisotopic (exact) mass is 329 g/mol. The van der Waals surface area contributed by atoms with E-state index in [1.807, 2.05) is 6.92 Å². The Morgan fingerprint density at radius 3 is 2.76 bits per heavy atom. The third kappa shape index (κ3) is 4.06. The van der Waals surface area contributed by atoms with Crippen LogP contribution in [0.5, 0.6) is 5.75 Å². The molecule has 0 bridgehead atoms. The van der Waals surface area contributed by atoms with E-state index in [9.17, 15) is 8.42 Å². The molecular formula is C14H16ClNO4S. The van der Waals surface area contributed by atoms with E-state index in [4.69, 9.17) is 20.2 Å². The number of aromatic nitrogens is 1. The molecule has 114 valence electrons. The molecule has 0 saturated carbocycles. The van der Waals surface area contributed by atoms with Crippen LogP contribution in [0.25, 0.3) is 10.9 Å². The Morgan fingerprint density at radius 1 is 1.24 bits per heavy atom. The fourth-order valence-electron chi connectivity index (χ4n) is 1.93. The smallest absolute Gasteiger partial charge is 0.263 e. The van der Waals surface area contributed by atoms with Gasteiger partial charge in [0.2, 0.25) is 0 Å². The maximum atomic E-state index is 11.6. The molecule has 7 heteroatoms. The quantitative estimate of drug-likeness (QED) is 0.577. The molecule has 1 aromatic heterocycles. The summed E-state index contributed by atoms with van der Waals surface area (Å²) in [5, 5.41) is 0.621. The Hall–Kier alpha value is -1.37. The maximum absolute atomic E-state index is 11.6. The Kier molecular flexibility index (Phi) is 5.39. The third-order valence-corrected chi connectivity index (χ3v) is 4.20. The van der Waals surface area contributed by atoms with Gasteiger partial charge in [0.15, 0.2) is 0 Å². The average Bonchev–Trinajstić information content (AvgIpc) is 2.45. The first-order chi connectivity index (χ1) is 10.0. The van der Waals surface area contributed by atoms with Crippen LogP contribution >= 0.6 is 10.7 Å². The van der Waals surface area contributed by atoms with Crippen molar-refractivity contribution in [3.8, 4) is 5.75 Å². The van der Waals surface area contributed by atoms with Crippen molar-refractivity contribution in [2.45, 2.75) is 18.2 Å². The number of hydrogen-bond donors (Lipinski definition) is 0. The van der Waals surface area contributed by atoms with Crippen LogP contribution in [0, 0.1) is 0 Å². The summed E-state index contributed by atoms with van der Waals surface area (Å²) in [6.45, 7) is 3.72. The van der Waals surface area contributed by atoms with Crippen LogP contribution in [-0.4, -0.2) is 33.2 Å². The molecule has 0 amide bonds. The highest BCUT2D eigenvalue weighted by Gasteiger charge is 2.17. The van der Waals surface area contributed by atoms with E-state index in [-0.39, 0.29) is 4.90 Å². The number of fused-ring (bicyclic) bond motifs is 1. The summed E-state index contributed by atoms with van der Waals surface area (Å²) in [4.78, 5) is 4.09. The van der Waals surface area contributed by atoms with Gasteiger partial charge in [-0.1, -0.05) is 0 Å². The zero-order chi connectivity index (χ0) is 15.3.